The number of hydrogen-bond donors (Lipinski definition) is 1. The van der Waals surface area contributed by atoms with Crippen LogP contribution >= 0.6 is 0 Å². The molecule has 96 valence electrons. The topological polar surface area (TPSA) is 85.0 Å². The van der Waals surface area contributed by atoms with Gasteiger partial charge in [0.1, 0.15) is 12.0 Å². The Morgan fingerprint density at radius 2 is 2.17 bits per heavy atom. The van der Waals surface area contributed by atoms with Crippen LogP contribution in [0, 0.1) is 5.82 Å². The zero-order valence-electron chi connectivity index (χ0n) is 9.67. The van der Waals surface area contributed by atoms with Gasteiger partial charge in [-0.2, -0.15) is 10.2 Å². The van der Waals surface area contributed by atoms with Gasteiger partial charge in [0.15, 0.2) is 0 Å². The second-order valence-corrected chi connectivity index (χ2v) is 3.13. The minimum Gasteiger partial charge on any atom is -0.462 e. The lowest BCUT2D eigenvalue weighted by molar-refractivity contribution is -0.134. The van der Waals surface area contributed by atoms with Gasteiger partial charge in [-0.05, 0) is 19.1 Å². The molecule has 0 unspecified atom stereocenters. The molecular weight excluding hydrogens is 241 g/mol. The summed E-state index contributed by atoms with van der Waals surface area (Å²) in [6.45, 7) is 1.80. The smallest absolute Gasteiger partial charge is 0.351 e. The standard InChI is InChI=1S/C11H12FN3O3/c1-2-18-10(16)7-14-15(13)11(17)8-5-3-4-6-9(8)12/h3-7H,2,13H2,1H3/b14-7-. The van der Waals surface area contributed by atoms with Gasteiger partial charge >= 0.3 is 5.97 Å². The monoisotopic (exact) mass is 253 g/mol. The third kappa shape index (κ3) is 3.63. The fraction of sp³-hybridized carbons (Fsp3) is 0.182. The Labute approximate surface area is 103 Å². The number of rotatable bonds is 4. The molecule has 1 rings (SSSR count). The van der Waals surface area contributed by atoms with Crippen LogP contribution in [0.1, 0.15) is 17.3 Å². The van der Waals surface area contributed by atoms with Crippen LogP contribution in [0.3, 0.4) is 0 Å². The molecule has 1 amide bonds. The average molecular weight is 253 g/mol. The lowest BCUT2D eigenvalue weighted by Gasteiger charge is -2.10. The fourth-order valence-electron chi connectivity index (χ4n) is 1.10. The second-order valence-electron chi connectivity index (χ2n) is 3.13. The summed E-state index contributed by atoms with van der Waals surface area (Å²) >= 11 is 0. The summed E-state index contributed by atoms with van der Waals surface area (Å²) in [6, 6.07) is 5.31. The number of ether oxygens (including phenoxy) is 1. The molecule has 0 fully saturated rings. The number of amides is 1. The first-order chi connectivity index (χ1) is 8.56. The van der Waals surface area contributed by atoms with Crippen LogP contribution in [0.25, 0.3) is 0 Å². The van der Waals surface area contributed by atoms with E-state index in [9.17, 15) is 14.0 Å². The zero-order chi connectivity index (χ0) is 13.5. The van der Waals surface area contributed by atoms with Crippen LogP contribution in [0.4, 0.5) is 4.39 Å². The van der Waals surface area contributed by atoms with Gasteiger partial charge in [-0.1, -0.05) is 12.1 Å². The zero-order valence-corrected chi connectivity index (χ0v) is 9.67. The molecule has 0 bridgehead atoms. The van der Waals surface area contributed by atoms with Crippen molar-refractivity contribution in [3.05, 3.63) is 35.6 Å². The first kappa shape index (κ1) is 13.8. The van der Waals surface area contributed by atoms with E-state index in [4.69, 9.17) is 5.84 Å². The van der Waals surface area contributed by atoms with E-state index in [1.807, 2.05) is 0 Å². The number of nitrogens with zero attached hydrogens (tertiary/aromatic N) is 2. The SMILES string of the molecule is CCOC(=O)/C=N\N(N)C(=O)c1ccccc1F. The molecule has 2 N–H and O–H groups in total. The molecule has 7 heteroatoms. The number of carbonyl (C=O) groups excluding carboxylic acids is 2. The Kier molecular flexibility index (Phi) is 4.94. The van der Waals surface area contributed by atoms with Crippen molar-refractivity contribution in [2.24, 2.45) is 10.9 Å². The highest BCUT2D eigenvalue weighted by molar-refractivity contribution is 6.23. The molecule has 0 radical (unpaired) electrons. The largest absolute Gasteiger partial charge is 0.462 e. The Bertz CT molecular complexity index is 476. The Morgan fingerprint density at radius 3 is 2.78 bits per heavy atom. The van der Waals surface area contributed by atoms with Crippen molar-refractivity contribution in [3.8, 4) is 0 Å². The molecule has 6 nitrogen and oxygen atoms in total. The van der Waals surface area contributed by atoms with Crippen molar-refractivity contribution in [2.75, 3.05) is 6.61 Å². The summed E-state index contributed by atoms with van der Waals surface area (Å²) in [5.74, 6) is 2.95. The molecular formula is C11H12FN3O3. The van der Waals surface area contributed by atoms with E-state index in [0.29, 0.717) is 5.12 Å². The molecule has 0 heterocycles. The number of carbonyl (C=O) groups is 2. The van der Waals surface area contributed by atoms with Gasteiger partial charge in [-0.15, -0.1) is 0 Å². The lowest BCUT2D eigenvalue weighted by atomic mass is 10.2. The van der Waals surface area contributed by atoms with Crippen molar-refractivity contribution in [1.29, 1.82) is 0 Å². The van der Waals surface area contributed by atoms with Crippen LogP contribution in [0.15, 0.2) is 29.4 Å². The average Bonchev–Trinajstić information content (AvgIpc) is 2.36. The van der Waals surface area contributed by atoms with Crippen LogP contribution in [-0.4, -0.2) is 29.8 Å². The van der Waals surface area contributed by atoms with Gasteiger partial charge in [0.05, 0.1) is 12.2 Å². The number of benzene rings is 1. The number of hydrazine groups is 1. The molecule has 0 saturated heterocycles. The van der Waals surface area contributed by atoms with E-state index in [1.165, 1.54) is 18.2 Å². The molecule has 0 atom stereocenters. The van der Waals surface area contributed by atoms with Crippen molar-refractivity contribution < 1.29 is 18.7 Å². The van der Waals surface area contributed by atoms with Crippen molar-refractivity contribution >= 4 is 18.1 Å². The number of hydrogen-bond acceptors (Lipinski definition) is 5. The van der Waals surface area contributed by atoms with Crippen LogP contribution in [0.5, 0.6) is 0 Å². The molecule has 0 spiro atoms. The van der Waals surface area contributed by atoms with Crippen molar-refractivity contribution in [2.45, 2.75) is 6.92 Å². The van der Waals surface area contributed by atoms with Gasteiger partial charge in [0, 0.05) is 0 Å². The Morgan fingerprint density at radius 1 is 1.50 bits per heavy atom. The van der Waals surface area contributed by atoms with E-state index in [2.05, 4.69) is 9.84 Å². The molecule has 1 aromatic rings. The van der Waals surface area contributed by atoms with E-state index >= 15 is 0 Å². The number of esters is 1. The number of nitrogens with two attached hydrogens (primary N) is 1. The Hall–Kier alpha value is -2.28. The molecule has 0 aliphatic heterocycles. The van der Waals surface area contributed by atoms with Gasteiger partial charge < -0.3 is 4.74 Å². The summed E-state index contributed by atoms with van der Waals surface area (Å²) in [7, 11) is 0. The third-order valence-electron chi connectivity index (χ3n) is 1.89. The normalized spacial score (nSPS) is 10.4. The van der Waals surface area contributed by atoms with Crippen LogP contribution in [0.2, 0.25) is 0 Å². The molecule has 1 aromatic carbocycles. The minimum absolute atomic E-state index is 0.177. The third-order valence-corrected chi connectivity index (χ3v) is 1.89. The van der Waals surface area contributed by atoms with Crippen molar-refractivity contribution in [1.82, 2.24) is 5.12 Å². The predicted molar refractivity (Wildman–Crippen MR) is 61.9 cm³/mol. The molecule has 18 heavy (non-hydrogen) atoms. The highest BCUT2D eigenvalue weighted by Gasteiger charge is 2.15. The second kappa shape index (κ2) is 6.45. The van der Waals surface area contributed by atoms with E-state index in [1.54, 1.807) is 6.92 Å². The summed E-state index contributed by atoms with van der Waals surface area (Å²) in [4.78, 5) is 22.6. The van der Waals surface area contributed by atoms with Gasteiger partial charge in [-0.3, -0.25) is 4.79 Å². The predicted octanol–water partition coefficient (Wildman–Crippen LogP) is 0.690. The number of hydrazone groups is 1. The summed E-state index contributed by atoms with van der Waals surface area (Å²) < 4.78 is 17.8. The van der Waals surface area contributed by atoms with E-state index in [-0.39, 0.29) is 12.2 Å². The van der Waals surface area contributed by atoms with E-state index in [0.717, 1.165) is 12.3 Å². The molecule has 0 aliphatic rings. The maximum absolute atomic E-state index is 13.3. The summed E-state index contributed by atoms with van der Waals surface area (Å²) in [5.41, 5.74) is -0.235. The maximum Gasteiger partial charge on any atom is 0.351 e. The number of halogens is 1. The van der Waals surface area contributed by atoms with E-state index < -0.39 is 17.7 Å². The summed E-state index contributed by atoms with van der Waals surface area (Å²) in [5, 5.41) is 3.73. The first-order valence-electron chi connectivity index (χ1n) is 5.10. The highest BCUT2D eigenvalue weighted by Crippen LogP contribution is 2.08. The fourth-order valence-corrected chi connectivity index (χ4v) is 1.10. The van der Waals surface area contributed by atoms with Gasteiger partial charge in [0.2, 0.25) is 0 Å². The van der Waals surface area contributed by atoms with Crippen molar-refractivity contribution in [3.63, 3.8) is 0 Å². The Balaban J connectivity index is 2.73. The molecule has 0 aromatic heterocycles. The quantitative estimate of drug-likeness (QED) is 0.281. The minimum atomic E-state index is -0.867. The van der Waals surface area contributed by atoms with Gasteiger partial charge in [-0.25, -0.2) is 15.0 Å². The maximum atomic E-state index is 13.3. The molecule has 0 aliphatic carbocycles. The first-order valence-corrected chi connectivity index (χ1v) is 5.10. The van der Waals surface area contributed by atoms with Gasteiger partial charge in [0.25, 0.3) is 5.91 Å². The molecule has 0 saturated carbocycles. The highest BCUT2D eigenvalue weighted by atomic mass is 19.1. The lowest BCUT2D eigenvalue weighted by Crippen LogP contribution is -2.33. The van der Waals surface area contributed by atoms with Crippen LogP contribution in [-0.2, 0) is 9.53 Å². The van der Waals surface area contributed by atoms with Crippen LogP contribution < -0.4 is 5.84 Å². The summed E-state index contributed by atoms with van der Waals surface area (Å²) in [6.07, 6.45) is 0.738.